The second kappa shape index (κ2) is 8.18. The van der Waals surface area contributed by atoms with Gasteiger partial charge in [-0.05, 0) is 74.2 Å². The molecule has 5 aromatic carbocycles. The molecule has 0 bridgehead atoms. The van der Waals surface area contributed by atoms with Gasteiger partial charge in [0.25, 0.3) is 0 Å². The van der Waals surface area contributed by atoms with Crippen molar-refractivity contribution in [1.29, 1.82) is 0 Å². The first-order chi connectivity index (χ1) is 18.0. The molecule has 0 atom stereocenters. The first kappa shape index (κ1) is 22.1. The lowest BCUT2D eigenvalue weighted by Crippen LogP contribution is -1.99. The van der Waals surface area contributed by atoms with Crippen molar-refractivity contribution in [3.05, 3.63) is 108 Å². The van der Waals surface area contributed by atoms with Crippen molar-refractivity contribution in [2.24, 2.45) is 0 Å². The van der Waals surface area contributed by atoms with Crippen molar-refractivity contribution in [3.63, 3.8) is 0 Å². The Bertz CT molecular complexity index is 1960. The molecule has 2 heteroatoms. The number of benzene rings is 5. The summed E-state index contributed by atoms with van der Waals surface area (Å²) in [7, 11) is 0. The Labute approximate surface area is 217 Å². The number of fused-ring (bicyclic) bond motifs is 8. The monoisotopic (exact) mass is 478 g/mol. The zero-order valence-electron chi connectivity index (χ0n) is 21.8. The highest BCUT2D eigenvalue weighted by Crippen LogP contribution is 2.39. The summed E-state index contributed by atoms with van der Waals surface area (Å²) >= 11 is 0. The van der Waals surface area contributed by atoms with E-state index in [-0.39, 0.29) is 0 Å². The fourth-order valence-electron chi connectivity index (χ4n) is 6.03. The standard InChI is InChI=1S/C35H30N2/c1-21(2)27-14-9-15-28(22(3)4)34(27)32-20-37-33-19-26-17-24-11-6-5-10-23(24)16-25(26)18-31(33)29-12-7-8-13-30(29)35(37)36-32/h5-22H,1-4H3. The van der Waals surface area contributed by atoms with Crippen LogP contribution in [-0.4, -0.2) is 9.38 Å². The normalized spacial score (nSPS) is 12.3. The summed E-state index contributed by atoms with van der Waals surface area (Å²) in [6.45, 7) is 9.11. The van der Waals surface area contributed by atoms with E-state index in [9.17, 15) is 0 Å². The number of imidazole rings is 1. The zero-order chi connectivity index (χ0) is 25.3. The van der Waals surface area contributed by atoms with Crippen molar-refractivity contribution in [3.8, 4) is 11.3 Å². The molecule has 2 heterocycles. The average molecular weight is 479 g/mol. The molecule has 7 rings (SSSR count). The van der Waals surface area contributed by atoms with Crippen LogP contribution in [0.3, 0.4) is 0 Å². The van der Waals surface area contributed by atoms with Crippen LogP contribution >= 0.6 is 0 Å². The summed E-state index contributed by atoms with van der Waals surface area (Å²) in [5.41, 5.74) is 7.29. The maximum atomic E-state index is 5.34. The van der Waals surface area contributed by atoms with E-state index in [2.05, 4.69) is 129 Å². The Balaban J connectivity index is 1.62. The molecule has 0 aliphatic heterocycles. The first-order valence-corrected chi connectivity index (χ1v) is 13.3. The number of pyridine rings is 1. The molecule has 0 saturated carbocycles. The topological polar surface area (TPSA) is 17.3 Å². The molecule has 0 spiro atoms. The van der Waals surface area contributed by atoms with Crippen molar-refractivity contribution >= 4 is 48.9 Å². The van der Waals surface area contributed by atoms with E-state index in [1.165, 1.54) is 59.9 Å². The lowest BCUT2D eigenvalue weighted by molar-refractivity contribution is 0.837. The summed E-state index contributed by atoms with van der Waals surface area (Å²) < 4.78 is 2.32. The summed E-state index contributed by atoms with van der Waals surface area (Å²) in [5.74, 6) is 0.841. The van der Waals surface area contributed by atoms with E-state index >= 15 is 0 Å². The second-order valence-electron chi connectivity index (χ2n) is 10.9. The van der Waals surface area contributed by atoms with Gasteiger partial charge in [-0.3, -0.25) is 4.40 Å². The molecule has 2 nitrogen and oxygen atoms in total. The highest BCUT2D eigenvalue weighted by molar-refractivity contribution is 6.16. The number of rotatable bonds is 3. The number of nitrogens with zero attached hydrogens (tertiary/aromatic N) is 2. The molecule has 0 aliphatic carbocycles. The van der Waals surface area contributed by atoms with Gasteiger partial charge in [0.15, 0.2) is 0 Å². The molecule has 0 saturated heterocycles. The van der Waals surface area contributed by atoms with Crippen LogP contribution < -0.4 is 0 Å². The van der Waals surface area contributed by atoms with E-state index in [1.54, 1.807) is 0 Å². The Morgan fingerprint density at radius 2 is 1.16 bits per heavy atom. The lowest BCUT2D eigenvalue weighted by atomic mass is 9.87. The van der Waals surface area contributed by atoms with Crippen LogP contribution in [0.5, 0.6) is 0 Å². The molecule has 0 unspecified atom stereocenters. The average Bonchev–Trinajstić information content (AvgIpc) is 3.36. The van der Waals surface area contributed by atoms with Crippen LogP contribution in [0.25, 0.3) is 60.1 Å². The maximum absolute atomic E-state index is 5.34. The Morgan fingerprint density at radius 1 is 0.568 bits per heavy atom. The molecule has 0 fully saturated rings. The van der Waals surface area contributed by atoms with E-state index in [0.29, 0.717) is 11.8 Å². The number of hydrogen-bond acceptors (Lipinski definition) is 1. The minimum atomic E-state index is 0.421. The number of hydrogen-bond donors (Lipinski definition) is 0. The Morgan fingerprint density at radius 3 is 1.81 bits per heavy atom. The highest BCUT2D eigenvalue weighted by Gasteiger charge is 2.20. The number of aromatic nitrogens is 2. The fourth-order valence-corrected chi connectivity index (χ4v) is 6.03. The predicted molar refractivity (Wildman–Crippen MR) is 159 cm³/mol. The minimum Gasteiger partial charge on any atom is -0.298 e. The Hall–Kier alpha value is -4.17. The summed E-state index contributed by atoms with van der Waals surface area (Å²) in [5, 5.41) is 8.76. The van der Waals surface area contributed by atoms with E-state index in [0.717, 1.165) is 11.3 Å². The minimum absolute atomic E-state index is 0.421. The van der Waals surface area contributed by atoms with E-state index in [1.807, 2.05) is 0 Å². The van der Waals surface area contributed by atoms with Crippen LogP contribution in [0.15, 0.2) is 97.2 Å². The Kier molecular flexibility index (Phi) is 4.87. The van der Waals surface area contributed by atoms with Gasteiger partial charge in [0.05, 0.1) is 11.2 Å². The van der Waals surface area contributed by atoms with Gasteiger partial charge < -0.3 is 0 Å². The van der Waals surface area contributed by atoms with Crippen molar-refractivity contribution in [2.45, 2.75) is 39.5 Å². The van der Waals surface area contributed by atoms with Gasteiger partial charge in [0, 0.05) is 22.5 Å². The van der Waals surface area contributed by atoms with Gasteiger partial charge in [-0.15, -0.1) is 0 Å². The zero-order valence-corrected chi connectivity index (χ0v) is 21.8. The summed E-state index contributed by atoms with van der Waals surface area (Å²) in [6, 6.07) is 33.4. The van der Waals surface area contributed by atoms with Gasteiger partial charge in [-0.25, -0.2) is 4.98 Å². The van der Waals surface area contributed by atoms with Crippen LogP contribution in [0, 0.1) is 0 Å². The molecule has 0 N–H and O–H groups in total. The molecule has 0 amide bonds. The van der Waals surface area contributed by atoms with Gasteiger partial charge in [-0.1, -0.05) is 94.4 Å². The summed E-state index contributed by atoms with van der Waals surface area (Å²) in [6.07, 6.45) is 2.27. The molecule has 0 aliphatic rings. The molecular weight excluding hydrogens is 448 g/mol. The van der Waals surface area contributed by atoms with Crippen LogP contribution in [0.2, 0.25) is 0 Å². The first-order valence-electron chi connectivity index (χ1n) is 13.3. The van der Waals surface area contributed by atoms with Gasteiger partial charge >= 0.3 is 0 Å². The fraction of sp³-hybridized carbons (Fsp3) is 0.171. The molecule has 37 heavy (non-hydrogen) atoms. The molecule has 7 aromatic rings. The smallest absolute Gasteiger partial charge is 0.145 e. The third-order valence-corrected chi connectivity index (χ3v) is 7.87. The van der Waals surface area contributed by atoms with Gasteiger partial charge in [0.2, 0.25) is 0 Å². The van der Waals surface area contributed by atoms with Crippen LogP contribution in [0.1, 0.15) is 50.7 Å². The predicted octanol–water partition coefficient (Wildman–Crippen LogP) is 9.86. The lowest BCUT2D eigenvalue weighted by Gasteiger charge is -2.18. The van der Waals surface area contributed by atoms with Gasteiger partial charge in [-0.2, -0.15) is 0 Å². The van der Waals surface area contributed by atoms with E-state index < -0.39 is 0 Å². The SMILES string of the molecule is CC(C)c1cccc(C(C)C)c1-c1cn2c3cc4cc5ccccc5cc4cc3c3ccccc3c2n1. The van der Waals surface area contributed by atoms with Crippen LogP contribution in [0.4, 0.5) is 0 Å². The highest BCUT2D eigenvalue weighted by atomic mass is 15.0. The van der Waals surface area contributed by atoms with E-state index in [4.69, 9.17) is 4.98 Å². The third kappa shape index (κ3) is 3.36. The summed E-state index contributed by atoms with van der Waals surface area (Å²) in [4.78, 5) is 5.34. The molecular formula is C35H30N2. The van der Waals surface area contributed by atoms with Crippen molar-refractivity contribution in [2.75, 3.05) is 0 Å². The molecule has 180 valence electrons. The molecule has 0 radical (unpaired) electrons. The largest absolute Gasteiger partial charge is 0.298 e. The van der Waals surface area contributed by atoms with Gasteiger partial charge in [0.1, 0.15) is 5.65 Å². The maximum Gasteiger partial charge on any atom is 0.145 e. The van der Waals surface area contributed by atoms with Crippen LogP contribution in [-0.2, 0) is 0 Å². The third-order valence-electron chi connectivity index (χ3n) is 7.87. The second-order valence-corrected chi connectivity index (χ2v) is 10.9. The van der Waals surface area contributed by atoms with Crippen molar-refractivity contribution in [1.82, 2.24) is 9.38 Å². The molecule has 2 aromatic heterocycles. The quantitative estimate of drug-likeness (QED) is 0.182. The van der Waals surface area contributed by atoms with Crippen molar-refractivity contribution < 1.29 is 0 Å².